The van der Waals surface area contributed by atoms with Gasteiger partial charge in [0.1, 0.15) is 11.2 Å². The molecule has 58 heavy (non-hydrogen) atoms. The summed E-state index contributed by atoms with van der Waals surface area (Å²) in [5.41, 5.74) is 12.2. The van der Waals surface area contributed by atoms with Crippen LogP contribution in [0.3, 0.4) is 0 Å². The van der Waals surface area contributed by atoms with E-state index in [2.05, 4.69) is 205 Å². The van der Waals surface area contributed by atoms with Gasteiger partial charge >= 0.3 is 0 Å². The number of thiophene rings is 2. The zero-order valence-electron chi connectivity index (χ0n) is 31.2. The highest BCUT2D eigenvalue weighted by Crippen LogP contribution is 2.50. The van der Waals surface area contributed by atoms with Gasteiger partial charge in [0.25, 0.3) is 0 Å². The molecule has 0 fully saturated rings. The molecule has 0 atom stereocenters. The molecule has 12 aromatic rings. The first-order valence-electron chi connectivity index (χ1n) is 19.6. The maximum absolute atomic E-state index is 6.82. The maximum Gasteiger partial charge on any atom is 0.145 e. The average molecular weight is 776 g/mol. The van der Waals surface area contributed by atoms with Crippen molar-refractivity contribution in [2.24, 2.45) is 0 Å². The van der Waals surface area contributed by atoms with Crippen molar-refractivity contribution in [3.05, 3.63) is 200 Å². The maximum atomic E-state index is 6.82. The number of hydrogen-bond donors (Lipinski definition) is 0. The number of para-hydroxylation sites is 1. The SMILES string of the molecule is c1ccc(-c2ccc(N(c3ccc4c(c3)sc3ccccc34)c3ccc4sc5c(-c6ccccc6)ccc(-c6ccccc6)c5c4c3)c3c2oc2ccccc23)cc1. The second-order valence-electron chi connectivity index (χ2n) is 14.8. The first kappa shape index (κ1) is 33.2. The highest BCUT2D eigenvalue weighted by Gasteiger charge is 2.24. The Morgan fingerprint density at radius 2 is 0.931 bits per heavy atom. The van der Waals surface area contributed by atoms with Crippen LogP contribution in [0.4, 0.5) is 17.1 Å². The van der Waals surface area contributed by atoms with Gasteiger partial charge in [0.05, 0.1) is 11.1 Å². The molecule has 0 bridgehead atoms. The van der Waals surface area contributed by atoms with E-state index in [1.807, 2.05) is 22.7 Å². The van der Waals surface area contributed by atoms with Gasteiger partial charge in [-0.15, -0.1) is 22.7 Å². The quantitative estimate of drug-likeness (QED) is 0.167. The molecule has 0 radical (unpaired) electrons. The topological polar surface area (TPSA) is 16.4 Å². The molecule has 9 aromatic carbocycles. The third kappa shape index (κ3) is 5.23. The molecule has 4 heteroatoms. The Morgan fingerprint density at radius 3 is 1.71 bits per heavy atom. The first-order chi connectivity index (χ1) is 28.8. The van der Waals surface area contributed by atoms with Crippen molar-refractivity contribution in [2.75, 3.05) is 4.90 Å². The van der Waals surface area contributed by atoms with E-state index in [1.54, 1.807) is 0 Å². The van der Waals surface area contributed by atoms with Crippen LogP contribution in [-0.4, -0.2) is 0 Å². The number of hydrogen-bond acceptors (Lipinski definition) is 4. The van der Waals surface area contributed by atoms with Gasteiger partial charge in [-0.25, -0.2) is 0 Å². The lowest BCUT2D eigenvalue weighted by atomic mass is 9.94. The van der Waals surface area contributed by atoms with Crippen LogP contribution < -0.4 is 4.90 Å². The molecule has 0 unspecified atom stereocenters. The van der Waals surface area contributed by atoms with Gasteiger partial charge in [-0.3, -0.25) is 0 Å². The fourth-order valence-electron chi connectivity index (χ4n) is 8.83. The van der Waals surface area contributed by atoms with Gasteiger partial charge in [-0.1, -0.05) is 146 Å². The van der Waals surface area contributed by atoms with Crippen molar-refractivity contribution in [1.82, 2.24) is 0 Å². The molecule has 0 N–H and O–H groups in total. The summed E-state index contributed by atoms with van der Waals surface area (Å²) >= 11 is 3.73. The van der Waals surface area contributed by atoms with Crippen molar-refractivity contribution in [3.63, 3.8) is 0 Å². The van der Waals surface area contributed by atoms with Gasteiger partial charge in [-0.2, -0.15) is 0 Å². The van der Waals surface area contributed by atoms with Crippen LogP contribution in [-0.2, 0) is 0 Å². The molecule has 2 nitrogen and oxygen atoms in total. The van der Waals surface area contributed by atoms with Crippen LogP contribution >= 0.6 is 22.7 Å². The predicted octanol–water partition coefficient (Wildman–Crippen LogP) is 16.8. The minimum atomic E-state index is 0.877. The summed E-state index contributed by atoms with van der Waals surface area (Å²) in [5, 5.41) is 7.30. The molecular formula is C54H33NOS2. The Balaban J connectivity index is 1.17. The fraction of sp³-hybridized carbons (Fsp3) is 0. The average Bonchev–Trinajstić information content (AvgIpc) is 3.99. The van der Waals surface area contributed by atoms with Gasteiger partial charge in [0.2, 0.25) is 0 Å². The minimum absolute atomic E-state index is 0.877. The normalized spacial score (nSPS) is 11.8. The summed E-state index contributed by atoms with van der Waals surface area (Å²) in [6.07, 6.45) is 0. The van der Waals surface area contributed by atoms with Crippen LogP contribution in [0.15, 0.2) is 205 Å². The number of fused-ring (bicyclic) bond motifs is 9. The van der Waals surface area contributed by atoms with Crippen molar-refractivity contribution < 1.29 is 4.42 Å². The number of benzene rings is 9. The molecule has 272 valence electrons. The van der Waals surface area contributed by atoms with E-state index < -0.39 is 0 Å². The van der Waals surface area contributed by atoms with E-state index >= 15 is 0 Å². The Labute approximate surface area is 343 Å². The lowest BCUT2D eigenvalue weighted by molar-refractivity contribution is 0.670. The number of furan rings is 1. The standard InChI is InChI=1S/C54H33NOS2/c1-4-14-34(15-5-1)39-27-28-41(36-18-8-3-9-19-36)54-51(39)45-32-37(25-31-49(45)58-54)55(38-24-26-43-42-20-11-13-23-48(42)57-50(43)33-38)46-30-29-40(35-16-6-2-7-17-35)53-52(46)44-21-10-12-22-47(44)56-53/h1-33H. The van der Waals surface area contributed by atoms with E-state index in [0.29, 0.717) is 0 Å². The molecule has 12 rings (SSSR count). The fourth-order valence-corrected chi connectivity index (χ4v) is 11.2. The number of anilines is 3. The van der Waals surface area contributed by atoms with E-state index in [-0.39, 0.29) is 0 Å². The molecule has 0 amide bonds. The Morgan fingerprint density at radius 1 is 0.362 bits per heavy atom. The molecule has 0 aliphatic carbocycles. The zero-order valence-corrected chi connectivity index (χ0v) is 32.9. The summed E-state index contributed by atoms with van der Waals surface area (Å²) < 4.78 is 11.9. The van der Waals surface area contributed by atoms with E-state index in [1.165, 1.54) is 62.6 Å². The van der Waals surface area contributed by atoms with Crippen LogP contribution in [0.1, 0.15) is 0 Å². The molecule has 0 saturated carbocycles. The molecule has 3 aromatic heterocycles. The smallest absolute Gasteiger partial charge is 0.145 e. The largest absolute Gasteiger partial charge is 0.455 e. The molecule has 0 aliphatic rings. The summed E-state index contributed by atoms with van der Waals surface area (Å²) in [7, 11) is 0. The highest BCUT2D eigenvalue weighted by molar-refractivity contribution is 7.26. The van der Waals surface area contributed by atoms with Gasteiger partial charge in [-0.05, 0) is 82.4 Å². The van der Waals surface area contributed by atoms with Gasteiger partial charge in [0.15, 0.2) is 0 Å². The molecular weight excluding hydrogens is 743 g/mol. The van der Waals surface area contributed by atoms with Gasteiger partial charge in [0, 0.05) is 62.7 Å². The third-order valence-electron chi connectivity index (χ3n) is 11.5. The lowest BCUT2D eigenvalue weighted by Gasteiger charge is -2.27. The second kappa shape index (κ2) is 13.3. The van der Waals surface area contributed by atoms with Crippen molar-refractivity contribution in [2.45, 2.75) is 0 Å². The Hall–Kier alpha value is -6.98. The monoisotopic (exact) mass is 775 g/mol. The van der Waals surface area contributed by atoms with E-state index in [0.717, 1.165) is 50.1 Å². The van der Waals surface area contributed by atoms with Crippen molar-refractivity contribution in [1.29, 1.82) is 0 Å². The minimum Gasteiger partial charge on any atom is -0.455 e. The van der Waals surface area contributed by atoms with Gasteiger partial charge < -0.3 is 9.32 Å². The lowest BCUT2D eigenvalue weighted by Crippen LogP contribution is -2.10. The molecule has 0 aliphatic heterocycles. The summed E-state index contributed by atoms with van der Waals surface area (Å²) in [5.74, 6) is 0. The van der Waals surface area contributed by atoms with Crippen LogP contribution in [0.5, 0.6) is 0 Å². The summed E-state index contributed by atoms with van der Waals surface area (Å²) in [4.78, 5) is 2.45. The van der Waals surface area contributed by atoms with Crippen molar-refractivity contribution >= 4 is 102 Å². The Bertz CT molecular complexity index is 3510. The predicted molar refractivity (Wildman–Crippen MR) is 250 cm³/mol. The molecule has 0 spiro atoms. The first-order valence-corrected chi connectivity index (χ1v) is 21.2. The third-order valence-corrected chi connectivity index (χ3v) is 13.8. The van der Waals surface area contributed by atoms with E-state index in [4.69, 9.17) is 4.42 Å². The van der Waals surface area contributed by atoms with Crippen LogP contribution in [0.2, 0.25) is 0 Å². The van der Waals surface area contributed by atoms with E-state index in [9.17, 15) is 0 Å². The number of rotatable bonds is 6. The zero-order chi connectivity index (χ0) is 38.2. The molecule has 3 heterocycles. The van der Waals surface area contributed by atoms with Crippen LogP contribution in [0, 0.1) is 0 Å². The summed E-state index contributed by atoms with van der Waals surface area (Å²) in [6, 6.07) is 72.5. The van der Waals surface area contributed by atoms with Crippen molar-refractivity contribution in [3.8, 4) is 33.4 Å². The summed E-state index contributed by atoms with van der Waals surface area (Å²) in [6.45, 7) is 0. The Kier molecular flexibility index (Phi) is 7.62. The number of nitrogens with zero attached hydrogens (tertiary/aromatic N) is 1. The second-order valence-corrected chi connectivity index (χ2v) is 16.9. The molecule has 0 saturated heterocycles. The highest BCUT2D eigenvalue weighted by atomic mass is 32.1. The van der Waals surface area contributed by atoms with Crippen LogP contribution in [0.25, 0.3) is 95.7 Å².